The van der Waals surface area contributed by atoms with E-state index in [1.165, 1.54) is 0 Å². The van der Waals surface area contributed by atoms with Gasteiger partial charge in [0.25, 0.3) is 0 Å². The molecule has 0 radical (unpaired) electrons. The summed E-state index contributed by atoms with van der Waals surface area (Å²) in [5, 5.41) is 11.9. The lowest BCUT2D eigenvalue weighted by atomic mass is 10.1. The van der Waals surface area contributed by atoms with Crippen LogP contribution in [-0.4, -0.2) is 35.7 Å². The van der Waals surface area contributed by atoms with Gasteiger partial charge < -0.3 is 15.3 Å². The van der Waals surface area contributed by atoms with Crippen molar-refractivity contribution in [3.05, 3.63) is 65.7 Å². The molecule has 4 heteroatoms. The molecule has 0 saturated carbocycles. The number of amides is 2. The molecule has 0 bridgehead atoms. The smallest absolute Gasteiger partial charge is 0.321 e. The average molecular weight is 308 g/mol. The van der Waals surface area contributed by atoms with E-state index >= 15 is 0 Å². The number of carbonyl (C=O) groups is 1. The first-order valence-electron chi connectivity index (χ1n) is 7.57. The Morgan fingerprint density at radius 2 is 1.78 bits per heavy atom. The van der Waals surface area contributed by atoms with Crippen LogP contribution in [0, 0.1) is 11.8 Å². The van der Waals surface area contributed by atoms with Crippen LogP contribution in [0.2, 0.25) is 0 Å². The maximum atomic E-state index is 12.2. The summed E-state index contributed by atoms with van der Waals surface area (Å²) in [6, 6.07) is 16.9. The number of hydrogen-bond acceptors (Lipinski definition) is 2. The Bertz CT molecular complexity index is 702. The summed E-state index contributed by atoms with van der Waals surface area (Å²) in [7, 11) is 0. The van der Waals surface area contributed by atoms with Crippen LogP contribution in [0.1, 0.15) is 18.1 Å². The Morgan fingerprint density at radius 1 is 1.09 bits per heavy atom. The Labute approximate surface area is 136 Å². The molecule has 0 aliphatic heterocycles. The number of nitrogens with zero attached hydrogens (tertiary/aromatic N) is 1. The van der Waals surface area contributed by atoms with Gasteiger partial charge in [-0.25, -0.2) is 4.79 Å². The number of para-hydroxylation sites is 1. The molecule has 2 amide bonds. The van der Waals surface area contributed by atoms with Gasteiger partial charge in [-0.3, -0.25) is 0 Å². The molecular weight excluding hydrogens is 288 g/mol. The Balaban J connectivity index is 2.18. The molecule has 0 saturated heterocycles. The highest BCUT2D eigenvalue weighted by molar-refractivity contribution is 5.90. The number of anilines is 1. The predicted octanol–water partition coefficient (Wildman–Crippen LogP) is 2.93. The number of benzene rings is 2. The minimum Gasteiger partial charge on any atom is -0.395 e. The van der Waals surface area contributed by atoms with Gasteiger partial charge in [-0.15, -0.1) is 0 Å². The van der Waals surface area contributed by atoms with Gasteiger partial charge in [-0.1, -0.05) is 42.2 Å². The number of aliphatic hydroxyl groups is 1. The summed E-state index contributed by atoms with van der Waals surface area (Å²) in [5.74, 6) is 6.18. The fourth-order valence-corrected chi connectivity index (χ4v) is 2.08. The van der Waals surface area contributed by atoms with Crippen molar-refractivity contribution in [3.8, 4) is 11.8 Å². The Hall–Kier alpha value is -2.77. The lowest BCUT2D eigenvalue weighted by Gasteiger charge is -2.20. The Kier molecular flexibility index (Phi) is 6.22. The van der Waals surface area contributed by atoms with Crippen molar-refractivity contribution in [2.45, 2.75) is 6.92 Å². The van der Waals surface area contributed by atoms with Crippen LogP contribution in [0.5, 0.6) is 0 Å². The van der Waals surface area contributed by atoms with Crippen LogP contribution in [0.15, 0.2) is 54.6 Å². The van der Waals surface area contributed by atoms with Crippen LogP contribution in [0.3, 0.4) is 0 Å². The minimum atomic E-state index is -0.240. The summed E-state index contributed by atoms with van der Waals surface area (Å²) in [4.78, 5) is 13.8. The third-order valence-corrected chi connectivity index (χ3v) is 3.32. The molecule has 0 heterocycles. The van der Waals surface area contributed by atoms with E-state index in [1.54, 1.807) is 4.90 Å². The van der Waals surface area contributed by atoms with E-state index in [4.69, 9.17) is 5.11 Å². The van der Waals surface area contributed by atoms with Crippen LogP contribution >= 0.6 is 0 Å². The molecule has 0 atom stereocenters. The number of hydrogen-bond donors (Lipinski definition) is 2. The van der Waals surface area contributed by atoms with Crippen molar-refractivity contribution in [3.63, 3.8) is 0 Å². The highest BCUT2D eigenvalue weighted by Gasteiger charge is 2.12. The standard InChI is InChI=1S/C19H20N2O2/c1-2-21(14-15-22)19(23)20-18-11-7-6-10-17(18)13-12-16-8-4-3-5-9-16/h3-11,22H,2,14-15H2,1H3,(H,20,23). The topological polar surface area (TPSA) is 52.6 Å². The monoisotopic (exact) mass is 308 g/mol. The third-order valence-electron chi connectivity index (χ3n) is 3.32. The number of urea groups is 1. The fraction of sp³-hybridized carbons (Fsp3) is 0.211. The van der Waals surface area contributed by atoms with Crippen molar-refractivity contribution < 1.29 is 9.90 Å². The van der Waals surface area contributed by atoms with E-state index in [0.29, 0.717) is 18.8 Å². The van der Waals surface area contributed by atoms with E-state index < -0.39 is 0 Å². The molecule has 0 aliphatic carbocycles. The summed E-state index contributed by atoms with van der Waals surface area (Å²) < 4.78 is 0. The second-order valence-corrected chi connectivity index (χ2v) is 4.90. The number of likely N-dealkylation sites (N-methyl/N-ethyl adjacent to an activating group) is 1. The van der Waals surface area contributed by atoms with Gasteiger partial charge in [-0.05, 0) is 31.2 Å². The molecule has 0 aromatic heterocycles. The molecule has 2 N–H and O–H groups in total. The molecule has 2 aromatic rings. The minimum absolute atomic E-state index is 0.0588. The molecule has 0 aliphatic rings. The molecule has 118 valence electrons. The van der Waals surface area contributed by atoms with Gasteiger partial charge in [0.15, 0.2) is 0 Å². The number of rotatable bonds is 4. The molecular formula is C19H20N2O2. The van der Waals surface area contributed by atoms with E-state index in [9.17, 15) is 4.79 Å². The summed E-state index contributed by atoms with van der Waals surface area (Å²) in [6.45, 7) is 2.65. The van der Waals surface area contributed by atoms with Crippen LogP contribution in [0.4, 0.5) is 10.5 Å². The fourth-order valence-electron chi connectivity index (χ4n) is 2.08. The summed E-state index contributed by atoms with van der Waals surface area (Å²) in [5.41, 5.74) is 2.34. The second kappa shape index (κ2) is 8.62. The largest absolute Gasteiger partial charge is 0.395 e. The first kappa shape index (κ1) is 16.6. The molecule has 0 spiro atoms. The zero-order valence-corrected chi connectivity index (χ0v) is 13.1. The normalized spacial score (nSPS) is 9.65. The van der Waals surface area contributed by atoms with Gasteiger partial charge in [0.2, 0.25) is 0 Å². The predicted molar refractivity (Wildman–Crippen MR) is 92.2 cm³/mol. The molecule has 23 heavy (non-hydrogen) atoms. The second-order valence-electron chi connectivity index (χ2n) is 4.90. The zero-order valence-electron chi connectivity index (χ0n) is 13.1. The van der Waals surface area contributed by atoms with Crippen molar-refractivity contribution in [2.24, 2.45) is 0 Å². The van der Waals surface area contributed by atoms with Crippen molar-refractivity contribution in [2.75, 3.05) is 25.0 Å². The van der Waals surface area contributed by atoms with E-state index in [1.807, 2.05) is 61.5 Å². The highest BCUT2D eigenvalue weighted by Crippen LogP contribution is 2.14. The lowest BCUT2D eigenvalue weighted by molar-refractivity contribution is 0.192. The van der Waals surface area contributed by atoms with Gasteiger partial charge in [0.1, 0.15) is 0 Å². The summed E-state index contributed by atoms with van der Waals surface area (Å²) in [6.07, 6.45) is 0. The van der Waals surface area contributed by atoms with Crippen molar-refractivity contribution in [1.82, 2.24) is 4.90 Å². The van der Waals surface area contributed by atoms with Gasteiger partial charge in [0, 0.05) is 24.2 Å². The SMILES string of the molecule is CCN(CCO)C(=O)Nc1ccccc1C#Cc1ccccc1. The van der Waals surface area contributed by atoms with E-state index in [-0.39, 0.29) is 12.6 Å². The number of aliphatic hydroxyl groups excluding tert-OH is 1. The first-order valence-corrected chi connectivity index (χ1v) is 7.57. The average Bonchev–Trinajstić information content (AvgIpc) is 2.59. The van der Waals surface area contributed by atoms with Crippen molar-refractivity contribution in [1.29, 1.82) is 0 Å². The molecule has 4 nitrogen and oxygen atoms in total. The maximum Gasteiger partial charge on any atom is 0.321 e. The lowest BCUT2D eigenvalue weighted by Crippen LogP contribution is -2.36. The van der Waals surface area contributed by atoms with Crippen LogP contribution < -0.4 is 5.32 Å². The zero-order chi connectivity index (χ0) is 16.5. The molecule has 0 fully saturated rings. The maximum absolute atomic E-state index is 12.2. The van der Waals surface area contributed by atoms with Gasteiger partial charge in [0.05, 0.1) is 12.3 Å². The number of carbonyl (C=O) groups excluding carboxylic acids is 1. The summed E-state index contributed by atoms with van der Waals surface area (Å²) >= 11 is 0. The first-order chi connectivity index (χ1) is 11.2. The van der Waals surface area contributed by atoms with Crippen LogP contribution in [-0.2, 0) is 0 Å². The quantitative estimate of drug-likeness (QED) is 0.853. The highest BCUT2D eigenvalue weighted by atomic mass is 16.3. The van der Waals surface area contributed by atoms with E-state index in [2.05, 4.69) is 17.2 Å². The van der Waals surface area contributed by atoms with Gasteiger partial charge in [-0.2, -0.15) is 0 Å². The van der Waals surface area contributed by atoms with Crippen LogP contribution in [0.25, 0.3) is 0 Å². The van der Waals surface area contributed by atoms with E-state index in [0.717, 1.165) is 11.1 Å². The third kappa shape index (κ3) is 4.87. The number of nitrogens with one attached hydrogen (secondary N) is 1. The van der Waals surface area contributed by atoms with Crippen molar-refractivity contribution >= 4 is 11.7 Å². The molecule has 2 rings (SSSR count). The Morgan fingerprint density at radius 3 is 2.48 bits per heavy atom. The molecule has 2 aromatic carbocycles. The van der Waals surface area contributed by atoms with Gasteiger partial charge >= 0.3 is 6.03 Å². The molecule has 0 unspecified atom stereocenters.